The molecule has 0 aliphatic rings. The van der Waals surface area contributed by atoms with Crippen molar-refractivity contribution in [3.8, 4) is 0 Å². The van der Waals surface area contributed by atoms with E-state index in [-0.39, 0.29) is 0 Å². The molecule has 0 aliphatic carbocycles. The van der Waals surface area contributed by atoms with Gasteiger partial charge in [-0.2, -0.15) is 0 Å². The van der Waals surface area contributed by atoms with E-state index in [2.05, 4.69) is 21.1 Å². The predicted molar refractivity (Wildman–Crippen MR) is 53.6 cm³/mol. The van der Waals surface area contributed by atoms with Crippen LogP contribution in [0.1, 0.15) is 5.56 Å². The van der Waals surface area contributed by atoms with Gasteiger partial charge in [0, 0.05) is 4.48 Å². The minimum atomic E-state index is 0.733. The minimum Gasteiger partial charge on any atom is -0.411 e. The Hall–Kier alpha value is -1.09. The summed E-state index contributed by atoms with van der Waals surface area (Å²) in [7, 11) is 0. The smallest absolute Gasteiger partial charge is 0.0803 e. The zero-order valence-corrected chi connectivity index (χ0v) is 7.90. The predicted octanol–water partition coefficient (Wildman–Crippen LogP) is 2.88. The molecule has 0 spiro atoms. The molecule has 1 rings (SSSR count). The van der Waals surface area contributed by atoms with E-state index in [9.17, 15) is 0 Å². The molecule has 3 heteroatoms. The van der Waals surface area contributed by atoms with Gasteiger partial charge >= 0.3 is 0 Å². The van der Waals surface area contributed by atoms with E-state index < -0.39 is 0 Å². The van der Waals surface area contributed by atoms with Crippen molar-refractivity contribution in [3.63, 3.8) is 0 Å². The first-order chi connectivity index (χ1) is 5.83. The molecule has 0 saturated carbocycles. The first kappa shape index (κ1) is 9.00. The van der Waals surface area contributed by atoms with Crippen LogP contribution in [0.4, 0.5) is 0 Å². The Labute approximate surface area is 79.3 Å². The summed E-state index contributed by atoms with van der Waals surface area (Å²) in [6.45, 7) is 0. The number of rotatable bonds is 2. The topological polar surface area (TPSA) is 32.6 Å². The largest absolute Gasteiger partial charge is 0.411 e. The van der Waals surface area contributed by atoms with E-state index in [0.29, 0.717) is 0 Å². The van der Waals surface area contributed by atoms with Crippen LogP contribution in [-0.4, -0.2) is 11.4 Å². The van der Waals surface area contributed by atoms with E-state index in [4.69, 9.17) is 5.21 Å². The van der Waals surface area contributed by atoms with Crippen LogP contribution in [0.3, 0.4) is 0 Å². The van der Waals surface area contributed by atoms with E-state index >= 15 is 0 Å². The van der Waals surface area contributed by atoms with Gasteiger partial charge in [-0.3, -0.25) is 0 Å². The highest BCUT2D eigenvalue weighted by Gasteiger charge is 1.87. The second kappa shape index (κ2) is 4.72. The molecule has 62 valence electrons. The number of hydrogen-bond donors (Lipinski definition) is 1. The van der Waals surface area contributed by atoms with Crippen molar-refractivity contribution in [1.82, 2.24) is 0 Å². The van der Waals surface area contributed by atoms with E-state index in [1.807, 2.05) is 36.4 Å². The summed E-state index contributed by atoms with van der Waals surface area (Å²) >= 11 is 3.23. The Balaban J connectivity index is 2.81. The molecule has 0 heterocycles. The molecule has 0 atom stereocenters. The fourth-order valence-electron chi connectivity index (χ4n) is 0.801. The van der Waals surface area contributed by atoms with Crippen LogP contribution in [-0.2, 0) is 0 Å². The maximum absolute atomic E-state index is 8.21. The summed E-state index contributed by atoms with van der Waals surface area (Å²) in [5.41, 5.74) is 1.06. The molecule has 1 aromatic rings. The summed E-state index contributed by atoms with van der Waals surface area (Å²) in [5.74, 6) is 0. The first-order valence-electron chi connectivity index (χ1n) is 3.42. The Bertz CT molecular complexity index is 293. The van der Waals surface area contributed by atoms with E-state index in [1.165, 1.54) is 6.21 Å². The Morgan fingerprint density at radius 2 is 2.00 bits per heavy atom. The molecule has 0 fully saturated rings. The third kappa shape index (κ3) is 2.88. The fraction of sp³-hybridized carbons (Fsp3) is 0. The molecule has 0 radical (unpaired) electrons. The van der Waals surface area contributed by atoms with Gasteiger partial charge in [-0.1, -0.05) is 35.5 Å². The van der Waals surface area contributed by atoms with Crippen LogP contribution in [0.2, 0.25) is 0 Å². The molecule has 0 unspecified atom stereocenters. The zero-order valence-electron chi connectivity index (χ0n) is 6.31. The third-order valence-electron chi connectivity index (χ3n) is 1.29. The summed E-state index contributed by atoms with van der Waals surface area (Å²) in [4.78, 5) is 0. The summed E-state index contributed by atoms with van der Waals surface area (Å²) < 4.78 is 0.733. The Kier molecular flexibility index (Phi) is 3.54. The average molecular weight is 226 g/mol. The standard InChI is InChI=1S/C9H8BrNO/c10-9(7-11-12)6-8-4-2-1-3-5-8/h1-7,12H/b9-6-,11-7+. The lowest BCUT2D eigenvalue weighted by Gasteiger charge is -1.91. The van der Waals surface area contributed by atoms with Crippen LogP contribution in [0.15, 0.2) is 40.0 Å². The van der Waals surface area contributed by atoms with Gasteiger partial charge in [0.1, 0.15) is 0 Å². The number of oxime groups is 1. The van der Waals surface area contributed by atoms with Crippen LogP contribution >= 0.6 is 15.9 Å². The zero-order chi connectivity index (χ0) is 8.81. The highest BCUT2D eigenvalue weighted by atomic mass is 79.9. The van der Waals surface area contributed by atoms with Crippen molar-refractivity contribution < 1.29 is 5.21 Å². The number of hydrogen-bond acceptors (Lipinski definition) is 2. The molecule has 1 aromatic carbocycles. The van der Waals surface area contributed by atoms with E-state index in [1.54, 1.807) is 0 Å². The van der Waals surface area contributed by atoms with Gasteiger partial charge in [-0.25, -0.2) is 0 Å². The molecule has 0 aliphatic heterocycles. The van der Waals surface area contributed by atoms with Gasteiger partial charge in [0.15, 0.2) is 0 Å². The maximum Gasteiger partial charge on any atom is 0.0803 e. The second-order valence-electron chi connectivity index (χ2n) is 2.18. The molecular formula is C9H8BrNO. The molecule has 0 amide bonds. The molecule has 2 nitrogen and oxygen atoms in total. The first-order valence-corrected chi connectivity index (χ1v) is 4.22. The Morgan fingerprint density at radius 3 is 2.58 bits per heavy atom. The van der Waals surface area contributed by atoms with Crippen molar-refractivity contribution >= 4 is 28.2 Å². The maximum atomic E-state index is 8.21. The second-order valence-corrected chi connectivity index (χ2v) is 3.10. The molecule has 1 N–H and O–H groups in total. The highest BCUT2D eigenvalue weighted by Crippen LogP contribution is 2.09. The van der Waals surface area contributed by atoms with E-state index in [0.717, 1.165) is 10.0 Å². The van der Waals surface area contributed by atoms with Crippen LogP contribution in [0.5, 0.6) is 0 Å². The number of allylic oxidation sites excluding steroid dienone is 1. The van der Waals surface area contributed by atoms with Crippen molar-refractivity contribution in [3.05, 3.63) is 40.4 Å². The van der Waals surface area contributed by atoms with Crippen molar-refractivity contribution in [1.29, 1.82) is 0 Å². The molecule has 12 heavy (non-hydrogen) atoms. The fourth-order valence-corrected chi connectivity index (χ4v) is 1.16. The minimum absolute atomic E-state index is 0.733. The summed E-state index contributed by atoms with van der Waals surface area (Å²) in [5, 5.41) is 11.1. The number of halogens is 1. The van der Waals surface area contributed by atoms with Crippen molar-refractivity contribution in [2.75, 3.05) is 0 Å². The van der Waals surface area contributed by atoms with Crippen molar-refractivity contribution in [2.24, 2.45) is 5.16 Å². The number of benzene rings is 1. The lowest BCUT2D eigenvalue weighted by Crippen LogP contribution is -1.74. The van der Waals surface area contributed by atoms with Crippen LogP contribution in [0, 0.1) is 0 Å². The van der Waals surface area contributed by atoms with Crippen molar-refractivity contribution in [2.45, 2.75) is 0 Å². The van der Waals surface area contributed by atoms with Crippen LogP contribution < -0.4 is 0 Å². The third-order valence-corrected chi connectivity index (χ3v) is 1.72. The molecule has 0 bridgehead atoms. The SMILES string of the molecule is O/N=C/C(Br)=C/c1ccccc1. The van der Waals surface area contributed by atoms with Gasteiger partial charge in [0.2, 0.25) is 0 Å². The quantitative estimate of drug-likeness (QED) is 0.469. The van der Waals surface area contributed by atoms with Gasteiger partial charge in [0.25, 0.3) is 0 Å². The van der Waals surface area contributed by atoms with Crippen LogP contribution in [0.25, 0.3) is 6.08 Å². The number of nitrogens with zero attached hydrogens (tertiary/aromatic N) is 1. The summed E-state index contributed by atoms with van der Waals surface area (Å²) in [6.07, 6.45) is 3.19. The normalized spacial score (nSPS) is 12.2. The monoisotopic (exact) mass is 225 g/mol. The average Bonchev–Trinajstić information content (AvgIpc) is 2.06. The van der Waals surface area contributed by atoms with Gasteiger partial charge in [0.05, 0.1) is 6.21 Å². The van der Waals surface area contributed by atoms with Gasteiger partial charge < -0.3 is 5.21 Å². The Morgan fingerprint density at radius 1 is 1.33 bits per heavy atom. The highest BCUT2D eigenvalue weighted by molar-refractivity contribution is 9.12. The lowest BCUT2D eigenvalue weighted by atomic mass is 10.2. The molecule has 0 saturated heterocycles. The lowest BCUT2D eigenvalue weighted by molar-refractivity contribution is 0.322. The molecular weight excluding hydrogens is 218 g/mol. The van der Waals surface area contributed by atoms with Gasteiger partial charge in [-0.05, 0) is 27.6 Å². The molecule has 0 aromatic heterocycles. The van der Waals surface area contributed by atoms with Gasteiger partial charge in [-0.15, -0.1) is 0 Å². The summed E-state index contributed by atoms with van der Waals surface area (Å²) in [6, 6.07) is 9.77.